The molecule has 2 aliphatic heterocycles. The van der Waals surface area contributed by atoms with Crippen molar-refractivity contribution in [3.05, 3.63) is 46.9 Å². The molecule has 1 aromatic heterocycles. The van der Waals surface area contributed by atoms with Crippen LogP contribution in [0.4, 0.5) is 19.0 Å². The molecule has 1 amide bonds. The molecule has 0 saturated carbocycles. The summed E-state index contributed by atoms with van der Waals surface area (Å²) in [4.78, 5) is 25.6. The Bertz CT molecular complexity index is 879. The van der Waals surface area contributed by atoms with Crippen LogP contribution in [0.15, 0.2) is 24.3 Å². The van der Waals surface area contributed by atoms with Gasteiger partial charge < -0.3 is 14.5 Å². The van der Waals surface area contributed by atoms with Gasteiger partial charge in [-0.05, 0) is 37.6 Å². The minimum atomic E-state index is -4.76. The van der Waals surface area contributed by atoms with E-state index in [0.717, 1.165) is 48.7 Å². The monoisotopic (exact) mass is 378 g/mol. The molecule has 3 heterocycles. The average molecular weight is 378 g/mol. The molecule has 0 atom stereocenters. The van der Waals surface area contributed by atoms with Gasteiger partial charge in [0.25, 0.3) is 5.91 Å². The Morgan fingerprint density at radius 1 is 1.11 bits per heavy atom. The molecule has 0 bridgehead atoms. The highest BCUT2D eigenvalue weighted by Crippen LogP contribution is 2.32. The Balaban J connectivity index is 1.52. The molecule has 1 fully saturated rings. The number of nitrogens with zero attached hydrogens (tertiary/aromatic N) is 4. The van der Waals surface area contributed by atoms with Gasteiger partial charge in [0.1, 0.15) is 17.4 Å². The first-order valence-corrected chi connectivity index (χ1v) is 8.56. The lowest BCUT2D eigenvalue weighted by Crippen LogP contribution is -2.38. The summed E-state index contributed by atoms with van der Waals surface area (Å²) in [6, 6.07) is 4.94. The number of anilines is 1. The quantitative estimate of drug-likeness (QED) is 0.822. The zero-order valence-corrected chi connectivity index (χ0v) is 14.6. The minimum absolute atomic E-state index is 0.265. The van der Waals surface area contributed by atoms with Crippen LogP contribution in [0.5, 0.6) is 5.75 Å². The minimum Gasteiger partial charge on any atom is -0.406 e. The van der Waals surface area contributed by atoms with Gasteiger partial charge in [0, 0.05) is 24.2 Å². The van der Waals surface area contributed by atoms with Crippen LogP contribution in [-0.2, 0) is 13.1 Å². The van der Waals surface area contributed by atoms with E-state index in [2.05, 4.69) is 19.6 Å². The van der Waals surface area contributed by atoms with Crippen LogP contribution in [0.1, 0.15) is 33.9 Å². The summed E-state index contributed by atoms with van der Waals surface area (Å²) in [5.41, 5.74) is 2.08. The van der Waals surface area contributed by atoms with Crippen molar-refractivity contribution in [2.45, 2.75) is 32.8 Å². The maximum Gasteiger partial charge on any atom is 0.573 e. The number of amides is 1. The van der Waals surface area contributed by atoms with Crippen LogP contribution in [-0.4, -0.2) is 40.2 Å². The van der Waals surface area contributed by atoms with Crippen molar-refractivity contribution in [2.24, 2.45) is 0 Å². The number of ether oxygens (including phenoxy) is 1. The predicted molar refractivity (Wildman–Crippen MR) is 90.3 cm³/mol. The summed E-state index contributed by atoms with van der Waals surface area (Å²) >= 11 is 0. The van der Waals surface area contributed by atoms with E-state index >= 15 is 0 Å². The zero-order chi connectivity index (χ0) is 19.2. The second-order valence-electron chi connectivity index (χ2n) is 6.59. The molecule has 0 radical (unpaired) electrons. The molecule has 0 unspecified atom stereocenters. The second kappa shape index (κ2) is 6.40. The lowest BCUT2D eigenvalue weighted by atomic mass is 10.1. The van der Waals surface area contributed by atoms with Gasteiger partial charge in [0.15, 0.2) is 0 Å². The van der Waals surface area contributed by atoms with E-state index in [9.17, 15) is 18.0 Å². The number of aromatic nitrogens is 2. The van der Waals surface area contributed by atoms with Gasteiger partial charge in [-0.15, -0.1) is 13.2 Å². The molecule has 0 N–H and O–H groups in total. The summed E-state index contributed by atoms with van der Waals surface area (Å²) in [5.74, 6) is 0.927. The fourth-order valence-electron chi connectivity index (χ4n) is 3.27. The zero-order valence-electron chi connectivity index (χ0n) is 14.6. The van der Waals surface area contributed by atoms with E-state index in [0.29, 0.717) is 24.5 Å². The molecule has 6 nitrogen and oxygen atoms in total. The van der Waals surface area contributed by atoms with E-state index in [4.69, 9.17) is 0 Å². The van der Waals surface area contributed by atoms with E-state index < -0.39 is 6.36 Å². The Hall–Kier alpha value is -2.84. The summed E-state index contributed by atoms with van der Waals surface area (Å²) in [7, 11) is 0. The molecule has 9 heteroatoms. The van der Waals surface area contributed by atoms with Gasteiger partial charge in [0.2, 0.25) is 0 Å². The number of rotatable bonds is 3. The van der Waals surface area contributed by atoms with Crippen LogP contribution in [0.25, 0.3) is 0 Å². The van der Waals surface area contributed by atoms with Gasteiger partial charge in [-0.3, -0.25) is 4.79 Å². The first-order valence-electron chi connectivity index (χ1n) is 8.56. The standard InChI is InChI=1S/C18H17F3N4O2/c1-11-22-15-10-25(9-14(15)16(23-11)24-7-2-8-24)17(26)12-3-5-13(6-4-12)27-18(19,20)21/h3-6H,2,7-10H2,1H3. The fourth-order valence-corrected chi connectivity index (χ4v) is 3.27. The van der Waals surface area contributed by atoms with Crippen molar-refractivity contribution >= 4 is 11.7 Å². The van der Waals surface area contributed by atoms with Gasteiger partial charge in [-0.2, -0.15) is 0 Å². The maximum atomic E-state index is 12.8. The molecular weight excluding hydrogens is 361 g/mol. The third-order valence-corrected chi connectivity index (χ3v) is 4.65. The number of fused-ring (bicyclic) bond motifs is 1. The molecule has 1 aromatic carbocycles. The van der Waals surface area contributed by atoms with Gasteiger partial charge >= 0.3 is 6.36 Å². The second-order valence-corrected chi connectivity index (χ2v) is 6.59. The normalized spacial score (nSPS) is 16.1. The maximum absolute atomic E-state index is 12.8. The molecule has 0 spiro atoms. The number of carbonyl (C=O) groups excluding carboxylic acids is 1. The summed E-state index contributed by atoms with van der Waals surface area (Å²) in [6.07, 6.45) is -3.64. The predicted octanol–water partition coefficient (Wildman–Crippen LogP) is 3.05. The topological polar surface area (TPSA) is 58.6 Å². The molecule has 1 saturated heterocycles. The number of alkyl halides is 3. The first-order chi connectivity index (χ1) is 12.8. The van der Waals surface area contributed by atoms with Gasteiger partial charge in [0.05, 0.1) is 18.8 Å². The molecule has 4 rings (SSSR count). The fraction of sp³-hybridized carbons (Fsp3) is 0.389. The van der Waals surface area contributed by atoms with Crippen molar-refractivity contribution < 1.29 is 22.7 Å². The number of hydrogen-bond donors (Lipinski definition) is 0. The van der Waals surface area contributed by atoms with Crippen LogP contribution >= 0.6 is 0 Å². The number of benzene rings is 1. The van der Waals surface area contributed by atoms with Crippen molar-refractivity contribution in [3.8, 4) is 5.75 Å². The Morgan fingerprint density at radius 2 is 1.81 bits per heavy atom. The first kappa shape index (κ1) is 17.6. The largest absolute Gasteiger partial charge is 0.573 e. The number of carbonyl (C=O) groups is 1. The number of aryl methyl sites for hydroxylation is 1. The molecule has 27 heavy (non-hydrogen) atoms. The third-order valence-electron chi connectivity index (χ3n) is 4.65. The van der Waals surface area contributed by atoms with E-state index in [-0.39, 0.29) is 11.7 Å². The van der Waals surface area contributed by atoms with E-state index in [1.54, 1.807) is 4.90 Å². The summed E-state index contributed by atoms with van der Waals surface area (Å²) < 4.78 is 40.6. The lowest BCUT2D eigenvalue weighted by molar-refractivity contribution is -0.274. The van der Waals surface area contributed by atoms with Crippen LogP contribution in [0.3, 0.4) is 0 Å². The molecular formula is C18H17F3N4O2. The van der Waals surface area contributed by atoms with Crippen molar-refractivity contribution in [1.29, 1.82) is 0 Å². The highest BCUT2D eigenvalue weighted by atomic mass is 19.4. The SMILES string of the molecule is Cc1nc2c(c(N3CCC3)n1)CN(C(=O)c1ccc(OC(F)(F)F)cc1)C2. The van der Waals surface area contributed by atoms with Crippen molar-refractivity contribution in [3.63, 3.8) is 0 Å². The van der Waals surface area contributed by atoms with Crippen molar-refractivity contribution in [2.75, 3.05) is 18.0 Å². The number of hydrogen-bond acceptors (Lipinski definition) is 5. The third kappa shape index (κ3) is 3.54. The van der Waals surface area contributed by atoms with Crippen LogP contribution in [0.2, 0.25) is 0 Å². The van der Waals surface area contributed by atoms with Crippen molar-refractivity contribution in [1.82, 2.24) is 14.9 Å². The summed E-state index contributed by atoms with van der Waals surface area (Å²) in [6.45, 7) is 4.46. The van der Waals surface area contributed by atoms with E-state index in [1.807, 2.05) is 6.92 Å². The molecule has 2 aromatic rings. The molecule has 142 valence electrons. The smallest absolute Gasteiger partial charge is 0.406 e. The van der Waals surface area contributed by atoms with Crippen LogP contribution < -0.4 is 9.64 Å². The number of halogens is 3. The molecule has 2 aliphatic rings. The summed E-state index contributed by atoms with van der Waals surface area (Å²) in [5, 5.41) is 0. The Kier molecular flexibility index (Phi) is 4.16. The Morgan fingerprint density at radius 3 is 2.41 bits per heavy atom. The molecule has 0 aliphatic carbocycles. The van der Waals surface area contributed by atoms with Gasteiger partial charge in [-0.25, -0.2) is 9.97 Å². The highest BCUT2D eigenvalue weighted by Gasteiger charge is 2.33. The average Bonchev–Trinajstić information content (AvgIpc) is 2.95. The van der Waals surface area contributed by atoms with Crippen LogP contribution in [0, 0.1) is 6.92 Å². The Labute approximate surface area is 153 Å². The van der Waals surface area contributed by atoms with E-state index in [1.165, 1.54) is 12.1 Å². The highest BCUT2D eigenvalue weighted by molar-refractivity contribution is 5.94. The lowest BCUT2D eigenvalue weighted by Gasteiger charge is -2.33. The van der Waals surface area contributed by atoms with Gasteiger partial charge in [-0.1, -0.05) is 0 Å².